The standard InChI is InChI=1S/C28H38O11/c1-32-24-5-3-4-22(20-24)27(30)28(31)23-6-7-25(33-2)26(21-23)39-19-18-38-17-16-37-15-14-36-13-12-35-11-10-34-9-8-29/h3-7,20-21,29H,8-19H2,1-2H3. The molecule has 0 bridgehead atoms. The van der Waals surface area contributed by atoms with Crippen LogP contribution in [-0.2, 0) is 23.7 Å². The van der Waals surface area contributed by atoms with E-state index in [9.17, 15) is 9.59 Å². The highest BCUT2D eigenvalue weighted by Gasteiger charge is 2.20. The first-order valence-electron chi connectivity index (χ1n) is 12.6. The Hall–Kier alpha value is -3.06. The molecule has 0 aliphatic carbocycles. The molecule has 0 amide bonds. The minimum absolute atomic E-state index is 0.00579. The maximum atomic E-state index is 12.8. The van der Waals surface area contributed by atoms with E-state index in [1.807, 2.05) is 0 Å². The molecule has 0 spiro atoms. The Morgan fingerprint density at radius 3 is 1.62 bits per heavy atom. The van der Waals surface area contributed by atoms with Crippen molar-refractivity contribution in [2.45, 2.75) is 0 Å². The molecule has 1 N–H and O–H groups in total. The van der Waals surface area contributed by atoms with Gasteiger partial charge in [-0.3, -0.25) is 9.59 Å². The average Bonchev–Trinajstić information content (AvgIpc) is 2.97. The van der Waals surface area contributed by atoms with Crippen LogP contribution in [0.3, 0.4) is 0 Å². The molecular formula is C28H38O11. The lowest BCUT2D eigenvalue weighted by Gasteiger charge is -2.12. The largest absolute Gasteiger partial charge is 0.497 e. The van der Waals surface area contributed by atoms with Crippen LogP contribution in [0.2, 0.25) is 0 Å². The third kappa shape index (κ3) is 12.6. The van der Waals surface area contributed by atoms with Crippen LogP contribution in [-0.4, -0.2) is 110 Å². The predicted molar refractivity (Wildman–Crippen MR) is 141 cm³/mol. The molecule has 0 saturated carbocycles. The maximum Gasteiger partial charge on any atom is 0.233 e. The molecule has 216 valence electrons. The molecule has 0 aromatic heterocycles. The molecule has 0 radical (unpaired) electrons. The van der Waals surface area contributed by atoms with Crippen molar-refractivity contribution in [3.05, 3.63) is 53.6 Å². The molecule has 0 atom stereocenters. The minimum atomic E-state index is -0.662. The molecule has 11 nitrogen and oxygen atoms in total. The molecule has 2 aromatic carbocycles. The number of aliphatic hydroxyl groups excluding tert-OH is 1. The van der Waals surface area contributed by atoms with Gasteiger partial charge in [0.1, 0.15) is 12.4 Å². The first kappa shape index (κ1) is 32.2. The number of ketones is 2. The lowest BCUT2D eigenvalue weighted by molar-refractivity contribution is -0.0147. The van der Waals surface area contributed by atoms with Gasteiger partial charge >= 0.3 is 0 Å². The molecule has 0 unspecified atom stereocenters. The molecule has 0 saturated heterocycles. The fourth-order valence-corrected chi connectivity index (χ4v) is 3.21. The SMILES string of the molecule is COc1cccc(C(=O)C(=O)c2ccc(OC)c(OCCOCCOCCOCCOCCOCCO)c2)c1. The minimum Gasteiger partial charge on any atom is -0.497 e. The second-order valence-corrected chi connectivity index (χ2v) is 7.89. The van der Waals surface area contributed by atoms with Gasteiger partial charge in [-0.25, -0.2) is 0 Å². The van der Waals surface area contributed by atoms with E-state index >= 15 is 0 Å². The molecule has 2 rings (SSSR count). The fraction of sp³-hybridized carbons (Fsp3) is 0.500. The molecule has 0 fully saturated rings. The Kier molecular flexibility index (Phi) is 16.4. The van der Waals surface area contributed by atoms with Gasteiger partial charge in [-0.2, -0.15) is 0 Å². The lowest BCUT2D eigenvalue weighted by Crippen LogP contribution is -2.16. The van der Waals surface area contributed by atoms with Crippen LogP contribution in [0.15, 0.2) is 42.5 Å². The lowest BCUT2D eigenvalue weighted by atomic mass is 10.0. The van der Waals surface area contributed by atoms with Crippen molar-refractivity contribution in [1.82, 2.24) is 0 Å². The Morgan fingerprint density at radius 1 is 0.590 bits per heavy atom. The fourth-order valence-electron chi connectivity index (χ4n) is 3.21. The molecule has 11 heteroatoms. The summed E-state index contributed by atoms with van der Waals surface area (Å²) in [5.74, 6) is -0.0491. The zero-order valence-electron chi connectivity index (χ0n) is 22.6. The number of rotatable bonds is 23. The Balaban J connectivity index is 1.61. The Bertz CT molecular complexity index is 980. The zero-order valence-corrected chi connectivity index (χ0v) is 22.6. The maximum absolute atomic E-state index is 12.8. The normalized spacial score (nSPS) is 10.8. The Morgan fingerprint density at radius 2 is 1.10 bits per heavy atom. The summed E-state index contributed by atoms with van der Waals surface area (Å²) in [4.78, 5) is 25.4. The number of hydrogen-bond acceptors (Lipinski definition) is 11. The van der Waals surface area contributed by atoms with Crippen molar-refractivity contribution in [2.24, 2.45) is 0 Å². The molecule has 0 aliphatic rings. The van der Waals surface area contributed by atoms with Gasteiger partial charge in [0.05, 0.1) is 86.9 Å². The number of Topliss-reactive ketones (excluding diaryl/α,β-unsaturated/α-hetero) is 2. The van der Waals surface area contributed by atoms with E-state index in [1.165, 1.54) is 32.4 Å². The third-order valence-electron chi connectivity index (χ3n) is 5.17. The predicted octanol–water partition coefficient (Wildman–Crippen LogP) is 2.22. The van der Waals surface area contributed by atoms with Gasteiger partial charge in [0.25, 0.3) is 0 Å². The van der Waals surface area contributed by atoms with E-state index in [0.29, 0.717) is 83.3 Å². The van der Waals surface area contributed by atoms with Crippen LogP contribution in [0.1, 0.15) is 20.7 Å². The van der Waals surface area contributed by atoms with Gasteiger partial charge < -0.3 is 43.0 Å². The van der Waals surface area contributed by atoms with Gasteiger partial charge in [-0.1, -0.05) is 12.1 Å². The zero-order chi connectivity index (χ0) is 28.1. The highest BCUT2D eigenvalue weighted by molar-refractivity contribution is 6.49. The van der Waals surface area contributed by atoms with E-state index in [-0.39, 0.29) is 24.3 Å². The summed E-state index contributed by atoms with van der Waals surface area (Å²) in [5, 5.41) is 8.58. The second-order valence-electron chi connectivity index (χ2n) is 7.89. The third-order valence-corrected chi connectivity index (χ3v) is 5.17. The van der Waals surface area contributed by atoms with Crippen LogP contribution in [0.5, 0.6) is 17.2 Å². The summed E-state index contributed by atoms with van der Waals surface area (Å²) < 4.78 is 42.9. The summed E-state index contributed by atoms with van der Waals surface area (Å²) in [5.41, 5.74) is 0.430. The summed E-state index contributed by atoms with van der Waals surface area (Å²) in [6.07, 6.45) is 0. The van der Waals surface area contributed by atoms with E-state index < -0.39 is 11.6 Å². The van der Waals surface area contributed by atoms with Crippen molar-refractivity contribution < 1.29 is 52.6 Å². The summed E-state index contributed by atoms with van der Waals surface area (Å²) >= 11 is 0. The van der Waals surface area contributed by atoms with Gasteiger partial charge in [-0.05, 0) is 30.3 Å². The summed E-state index contributed by atoms with van der Waals surface area (Å²) in [6.45, 7) is 4.33. The van der Waals surface area contributed by atoms with Crippen LogP contribution < -0.4 is 14.2 Å². The van der Waals surface area contributed by atoms with Crippen molar-refractivity contribution in [1.29, 1.82) is 0 Å². The number of methoxy groups -OCH3 is 2. The topological polar surface area (TPSA) is 128 Å². The number of carbonyl (C=O) groups is 2. The Labute approximate surface area is 228 Å². The van der Waals surface area contributed by atoms with Crippen molar-refractivity contribution in [2.75, 3.05) is 93.5 Å². The first-order chi connectivity index (χ1) is 19.1. The van der Waals surface area contributed by atoms with Gasteiger partial charge in [-0.15, -0.1) is 0 Å². The average molecular weight is 551 g/mol. The van der Waals surface area contributed by atoms with Crippen molar-refractivity contribution in [3.8, 4) is 17.2 Å². The van der Waals surface area contributed by atoms with E-state index in [2.05, 4.69) is 0 Å². The van der Waals surface area contributed by atoms with Gasteiger partial charge in [0, 0.05) is 11.1 Å². The highest BCUT2D eigenvalue weighted by atomic mass is 16.6. The van der Waals surface area contributed by atoms with Crippen LogP contribution in [0, 0.1) is 0 Å². The number of carbonyl (C=O) groups excluding carboxylic acids is 2. The highest BCUT2D eigenvalue weighted by Crippen LogP contribution is 2.29. The van der Waals surface area contributed by atoms with E-state index in [1.54, 1.807) is 24.3 Å². The first-order valence-corrected chi connectivity index (χ1v) is 12.6. The number of aliphatic hydroxyl groups is 1. The molecule has 2 aromatic rings. The smallest absolute Gasteiger partial charge is 0.233 e. The van der Waals surface area contributed by atoms with Crippen LogP contribution >= 0.6 is 0 Å². The number of ether oxygens (including phenoxy) is 8. The molecule has 0 aliphatic heterocycles. The number of benzene rings is 2. The van der Waals surface area contributed by atoms with Gasteiger partial charge in [0.2, 0.25) is 11.6 Å². The number of hydrogen-bond donors (Lipinski definition) is 1. The van der Waals surface area contributed by atoms with Gasteiger partial charge in [0.15, 0.2) is 11.5 Å². The van der Waals surface area contributed by atoms with Crippen molar-refractivity contribution >= 4 is 11.6 Å². The van der Waals surface area contributed by atoms with Crippen LogP contribution in [0.4, 0.5) is 0 Å². The summed E-state index contributed by atoms with van der Waals surface area (Å²) in [6, 6.07) is 11.0. The van der Waals surface area contributed by atoms with Crippen molar-refractivity contribution in [3.63, 3.8) is 0 Å². The molecule has 0 heterocycles. The van der Waals surface area contributed by atoms with E-state index in [4.69, 9.17) is 43.0 Å². The van der Waals surface area contributed by atoms with E-state index in [0.717, 1.165) is 0 Å². The van der Waals surface area contributed by atoms with Crippen LogP contribution in [0.25, 0.3) is 0 Å². The summed E-state index contributed by atoms with van der Waals surface area (Å²) in [7, 11) is 2.98. The molecular weight excluding hydrogens is 512 g/mol. The quantitative estimate of drug-likeness (QED) is 0.124. The second kappa shape index (κ2) is 19.9. The molecule has 39 heavy (non-hydrogen) atoms. The monoisotopic (exact) mass is 550 g/mol.